The molecule has 1 aliphatic rings. The maximum absolute atomic E-state index is 13.1. The molecule has 0 N–H and O–H groups in total. The molecule has 31 heavy (non-hydrogen) atoms. The lowest BCUT2D eigenvalue weighted by molar-refractivity contribution is -0.154. The minimum atomic E-state index is -3.31. The predicted molar refractivity (Wildman–Crippen MR) is 116 cm³/mol. The van der Waals surface area contributed by atoms with Gasteiger partial charge in [0.15, 0.2) is 0 Å². The Morgan fingerprint density at radius 2 is 1.94 bits per heavy atom. The molecule has 0 spiro atoms. The Morgan fingerprint density at radius 3 is 2.48 bits per heavy atom. The number of nitrogens with zero attached hydrogens (tertiary/aromatic N) is 2. The van der Waals surface area contributed by atoms with E-state index in [1.54, 1.807) is 27.7 Å². The third kappa shape index (κ3) is 6.40. The van der Waals surface area contributed by atoms with Crippen LogP contribution in [0.2, 0.25) is 0 Å². The first-order valence-electron chi connectivity index (χ1n) is 10.6. The second kappa shape index (κ2) is 9.53. The van der Waals surface area contributed by atoms with Gasteiger partial charge in [0.1, 0.15) is 17.0 Å². The number of ether oxygens (including phenoxy) is 2. The van der Waals surface area contributed by atoms with E-state index in [1.807, 2.05) is 24.3 Å². The third-order valence-electron chi connectivity index (χ3n) is 4.93. The van der Waals surface area contributed by atoms with Crippen molar-refractivity contribution in [1.29, 1.82) is 0 Å². The molecule has 2 unspecified atom stereocenters. The van der Waals surface area contributed by atoms with Gasteiger partial charge in [-0.1, -0.05) is 5.16 Å². The van der Waals surface area contributed by atoms with Crippen LogP contribution >= 0.6 is 7.37 Å². The largest absolute Gasteiger partial charge is 0.490 e. The van der Waals surface area contributed by atoms with Crippen molar-refractivity contribution < 1.29 is 27.9 Å². The zero-order chi connectivity index (χ0) is 22.6. The molecular weight excluding hydrogens is 419 g/mol. The fourth-order valence-corrected chi connectivity index (χ4v) is 4.76. The van der Waals surface area contributed by atoms with Crippen LogP contribution in [0.4, 0.5) is 0 Å². The molecule has 1 aliphatic carbocycles. The number of aromatic nitrogens is 2. The molecule has 2 atom stereocenters. The predicted octanol–water partition coefficient (Wildman–Crippen LogP) is 4.87. The van der Waals surface area contributed by atoms with E-state index in [0.717, 1.165) is 24.2 Å². The fraction of sp³-hybridized carbons (Fsp3) is 0.591. The minimum absolute atomic E-state index is 0.0292. The quantitative estimate of drug-likeness (QED) is 0.394. The summed E-state index contributed by atoms with van der Waals surface area (Å²) < 4.78 is 35.1. The first-order valence-corrected chi connectivity index (χ1v) is 12.8. The summed E-state index contributed by atoms with van der Waals surface area (Å²) >= 11 is 0. The highest BCUT2D eigenvalue weighted by Crippen LogP contribution is 2.50. The van der Waals surface area contributed by atoms with E-state index in [1.165, 1.54) is 13.1 Å². The van der Waals surface area contributed by atoms with Gasteiger partial charge in [0, 0.05) is 18.6 Å². The van der Waals surface area contributed by atoms with Crippen LogP contribution in [0, 0.1) is 0 Å². The van der Waals surface area contributed by atoms with Gasteiger partial charge in [-0.15, -0.1) is 0 Å². The first kappa shape index (κ1) is 23.5. The minimum Gasteiger partial charge on any atom is -0.490 e. The van der Waals surface area contributed by atoms with Gasteiger partial charge in [0.2, 0.25) is 19.1 Å². The van der Waals surface area contributed by atoms with Gasteiger partial charge < -0.3 is 18.5 Å². The molecule has 0 radical (unpaired) electrons. The highest BCUT2D eigenvalue weighted by molar-refractivity contribution is 7.60. The topological polar surface area (TPSA) is 101 Å². The van der Waals surface area contributed by atoms with Gasteiger partial charge >= 0.3 is 5.97 Å². The molecule has 1 fully saturated rings. The van der Waals surface area contributed by atoms with Crippen molar-refractivity contribution in [2.45, 2.75) is 70.7 Å². The maximum atomic E-state index is 13.1. The van der Waals surface area contributed by atoms with Crippen molar-refractivity contribution in [2.24, 2.45) is 0 Å². The van der Waals surface area contributed by atoms with Gasteiger partial charge in [0.25, 0.3) is 0 Å². The van der Waals surface area contributed by atoms with Crippen LogP contribution in [0.1, 0.15) is 52.8 Å². The van der Waals surface area contributed by atoms with Gasteiger partial charge in [0.05, 0.1) is 12.7 Å². The number of benzene rings is 1. The monoisotopic (exact) mass is 450 g/mol. The number of esters is 1. The summed E-state index contributed by atoms with van der Waals surface area (Å²) in [6, 6.07) is 7.48. The van der Waals surface area contributed by atoms with Crippen LogP contribution in [-0.2, 0) is 25.0 Å². The van der Waals surface area contributed by atoms with E-state index >= 15 is 0 Å². The van der Waals surface area contributed by atoms with Crippen LogP contribution in [0.3, 0.4) is 0 Å². The molecular formula is C22H31N2O6P. The molecule has 0 bridgehead atoms. The lowest BCUT2D eigenvalue weighted by Gasteiger charge is -2.26. The van der Waals surface area contributed by atoms with Crippen LogP contribution < -0.4 is 4.74 Å². The fourth-order valence-electron chi connectivity index (χ4n) is 3.14. The number of rotatable bonds is 9. The van der Waals surface area contributed by atoms with E-state index in [4.69, 9.17) is 18.5 Å². The summed E-state index contributed by atoms with van der Waals surface area (Å²) in [7, 11) is -3.31. The molecule has 2 aromatic rings. The summed E-state index contributed by atoms with van der Waals surface area (Å²) in [5.41, 5.74) is -0.988. The summed E-state index contributed by atoms with van der Waals surface area (Å²) in [5, 5.41) is 4.01. The SMILES string of the molecule is CCOP(C)(=O)C(Cc1nc(-c2ccc(OC3CCC3)cc2)no1)C(=O)OC(C)(C)C. The first-order chi connectivity index (χ1) is 14.6. The van der Waals surface area contributed by atoms with Crippen LogP contribution in [-0.4, -0.2) is 46.7 Å². The molecule has 170 valence electrons. The number of carbonyl (C=O) groups is 1. The standard InChI is InChI=1S/C22H31N2O6P/c1-6-27-31(5,26)18(21(25)29-22(2,3)4)14-19-23-20(24-30-19)15-10-12-17(13-11-15)28-16-8-7-9-16/h10-13,16,18H,6-9,14H2,1-5H3. The highest BCUT2D eigenvalue weighted by Gasteiger charge is 2.40. The Bertz CT molecular complexity index is 930. The summed E-state index contributed by atoms with van der Waals surface area (Å²) in [5.74, 6) is 0.785. The Morgan fingerprint density at radius 1 is 1.26 bits per heavy atom. The molecule has 1 aromatic carbocycles. The molecule has 8 nitrogen and oxygen atoms in total. The average Bonchev–Trinajstić information content (AvgIpc) is 3.10. The lowest BCUT2D eigenvalue weighted by atomic mass is 9.96. The number of hydrogen-bond acceptors (Lipinski definition) is 8. The van der Waals surface area contributed by atoms with Crippen molar-refractivity contribution in [1.82, 2.24) is 10.1 Å². The van der Waals surface area contributed by atoms with Gasteiger partial charge in [-0.25, -0.2) is 0 Å². The van der Waals surface area contributed by atoms with Crippen molar-refractivity contribution in [3.8, 4) is 17.1 Å². The smallest absolute Gasteiger partial charge is 0.319 e. The van der Waals surface area contributed by atoms with Crippen LogP contribution in [0.15, 0.2) is 28.8 Å². The van der Waals surface area contributed by atoms with E-state index in [9.17, 15) is 9.36 Å². The van der Waals surface area contributed by atoms with Crippen molar-refractivity contribution in [3.63, 3.8) is 0 Å². The average molecular weight is 450 g/mol. The molecule has 1 heterocycles. The van der Waals surface area contributed by atoms with Gasteiger partial charge in [-0.3, -0.25) is 9.36 Å². The Balaban J connectivity index is 1.73. The molecule has 0 aliphatic heterocycles. The maximum Gasteiger partial charge on any atom is 0.319 e. The van der Waals surface area contributed by atoms with E-state index in [-0.39, 0.29) is 18.9 Å². The molecule has 1 saturated carbocycles. The van der Waals surface area contributed by atoms with Crippen LogP contribution in [0.25, 0.3) is 11.4 Å². The highest BCUT2D eigenvalue weighted by atomic mass is 31.2. The van der Waals surface area contributed by atoms with E-state index < -0.39 is 24.6 Å². The van der Waals surface area contributed by atoms with E-state index in [0.29, 0.717) is 11.9 Å². The number of carbonyl (C=O) groups excluding carboxylic acids is 1. The zero-order valence-electron chi connectivity index (χ0n) is 18.8. The second-order valence-corrected chi connectivity index (χ2v) is 11.5. The molecule has 3 rings (SSSR count). The van der Waals surface area contributed by atoms with E-state index in [2.05, 4.69) is 10.1 Å². The molecule has 0 saturated heterocycles. The summed E-state index contributed by atoms with van der Waals surface area (Å²) in [6.45, 7) is 8.65. The third-order valence-corrected chi connectivity index (χ3v) is 7.23. The lowest BCUT2D eigenvalue weighted by Crippen LogP contribution is -2.33. The Kier molecular flexibility index (Phi) is 7.22. The second-order valence-electron chi connectivity index (χ2n) is 8.79. The Hall–Kier alpha value is -2.18. The summed E-state index contributed by atoms with van der Waals surface area (Å²) in [4.78, 5) is 17.1. The van der Waals surface area contributed by atoms with Gasteiger partial charge in [-0.05, 0) is 71.2 Å². The van der Waals surface area contributed by atoms with Gasteiger partial charge in [-0.2, -0.15) is 4.98 Å². The van der Waals surface area contributed by atoms with Crippen molar-refractivity contribution >= 4 is 13.3 Å². The van der Waals surface area contributed by atoms with Crippen molar-refractivity contribution in [2.75, 3.05) is 13.3 Å². The Labute approximate surface area is 183 Å². The molecule has 9 heteroatoms. The number of hydrogen-bond donors (Lipinski definition) is 0. The van der Waals surface area contributed by atoms with Crippen LogP contribution in [0.5, 0.6) is 5.75 Å². The molecule has 0 amide bonds. The molecule has 1 aromatic heterocycles. The summed E-state index contributed by atoms with van der Waals surface area (Å²) in [6.07, 6.45) is 3.68. The van der Waals surface area contributed by atoms with Crippen molar-refractivity contribution in [3.05, 3.63) is 30.2 Å². The normalized spacial score (nSPS) is 17.5. The zero-order valence-corrected chi connectivity index (χ0v) is 19.7.